The van der Waals surface area contributed by atoms with Crippen molar-refractivity contribution in [2.24, 2.45) is 0 Å². The molecule has 3 aromatic heterocycles. The average Bonchev–Trinajstić information content (AvgIpc) is 3.31. The van der Waals surface area contributed by atoms with Gasteiger partial charge < -0.3 is 15.4 Å². The number of hydrogen-bond acceptors (Lipinski definition) is 5. The summed E-state index contributed by atoms with van der Waals surface area (Å²) in [6.45, 7) is 0. The third-order valence-corrected chi connectivity index (χ3v) is 4.50. The second-order valence-electron chi connectivity index (χ2n) is 6.86. The van der Waals surface area contributed by atoms with Gasteiger partial charge in [0.2, 0.25) is 0 Å². The standard InChI is InChI=1S/C21H19N7/c1-28(2)27-14-7-9-16-19(12-14)25-20(23-16)13-6-8-15-18(11-13)26-21(24-15)17-5-3-4-10-22-17/h3-12,27H,1-2H3,(H,23,25)(H,24,26). The van der Waals surface area contributed by atoms with Gasteiger partial charge in [-0.25, -0.2) is 15.0 Å². The first-order valence-corrected chi connectivity index (χ1v) is 9.01. The third-order valence-electron chi connectivity index (χ3n) is 4.50. The van der Waals surface area contributed by atoms with Crippen LogP contribution in [0.2, 0.25) is 0 Å². The number of fused-ring (bicyclic) bond motifs is 2. The first kappa shape index (κ1) is 16.5. The highest BCUT2D eigenvalue weighted by atomic mass is 15.5. The predicted molar refractivity (Wildman–Crippen MR) is 112 cm³/mol. The molecular formula is C21H19N7. The van der Waals surface area contributed by atoms with E-state index < -0.39 is 0 Å². The smallest absolute Gasteiger partial charge is 0.157 e. The number of nitrogens with zero attached hydrogens (tertiary/aromatic N) is 4. The number of nitrogens with one attached hydrogen (secondary N) is 3. The van der Waals surface area contributed by atoms with Gasteiger partial charge in [0.05, 0.1) is 27.8 Å². The fourth-order valence-electron chi connectivity index (χ4n) is 3.26. The zero-order valence-corrected chi connectivity index (χ0v) is 15.6. The van der Waals surface area contributed by atoms with Crippen molar-refractivity contribution in [3.05, 3.63) is 60.8 Å². The number of hydrazine groups is 1. The van der Waals surface area contributed by atoms with Gasteiger partial charge in [-0.3, -0.25) is 4.98 Å². The molecule has 0 saturated heterocycles. The third kappa shape index (κ3) is 2.97. The quantitative estimate of drug-likeness (QED) is 0.416. The molecule has 0 spiro atoms. The van der Waals surface area contributed by atoms with Crippen LogP contribution in [0.3, 0.4) is 0 Å². The Kier molecular flexibility index (Phi) is 3.80. The Morgan fingerprint density at radius 1 is 0.821 bits per heavy atom. The molecule has 0 aliphatic carbocycles. The number of H-pyrrole nitrogens is 2. The van der Waals surface area contributed by atoms with Crippen LogP contribution in [-0.4, -0.2) is 44.0 Å². The van der Waals surface area contributed by atoms with Crippen LogP contribution in [0.5, 0.6) is 0 Å². The van der Waals surface area contributed by atoms with E-state index in [2.05, 4.69) is 37.5 Å². The summed E-state index contributed by atoms with van der Waals surface area (Å²) < 4.78 is 0. The van der Waals surface area contributed by atoms with E-state index in [1.807, 2.05) is 61.6 Å². The summed E-state index contributed by atoms with van der Waals surface area (Å²) in [7, 11) is 3.92. The highest BCUT2D eigenvalue weighted by Crippen LogP contribution is 2.26. The second-order valence-corrected chi connectivity index (χ2v) is 6.86. The summed E-state index contributed by atoms with van der Waals surface area (Å²) in [5.74, 6) is 1.59. The Morgan fingerprint density at radius 3 is 2.36 bits per heavy atom. The lowest BCUT2D eigenvalue weighted by molar-refractivity contribution is 0.495. The molecule has 28 heavy (non-hydrogen) atoms. The lowest BCUT2D eigenvalue weighted by Crippen LogP contribution is -2.19. The minimum absolute atomic E-state index is 0.761. The number of aromatic amines is 2. The number of aromatic nitrogens is 5. The Balaban J connectivity index is 1.53. The van der Waals surface area contributed by atoms with Gasteiger partial charge in [-0.2, -0.15) is 0 Å². The molecule has 5 rings (SSSR count). The summed E-state index contributed by atoms with van der Waals surface area (Å²) in [6.07, 6.45) is 1.77. The van der Waals surface area contributed by atoms with Crippen molar-refractivity contribution in [2.75, 3.05) is 19.5 Å². The van der Waals surface area contributed by atoms with Crippen LogP contribution in [0.25, 0.3) is 45.0 Å². The fraction of sp³-hybridized carbons (Fsp3) is 0.0952. The second kappa shape index (κ2) is 6.47. The topological polar surface area (TPSA) is 85.5 Å². The number of rotatable bonds is 4. The largest absolute Gasteiger partial charge is 0.338 e. The summed E-state index contributed by atoms with van der Waals surface area (Å²) in [6, 6.07) is 18.0. The Labute approximate surface area is 161 Å². The monoisotopic (exact) mass is 369 g/mol. The molecular weight excluding hydrogens is 350 g/mol. The van der Waals surface area contributed by atoms with Gasteiger partial charge in [-0.15, -0.1) is 0 Å². The molecule has 0 radical (unpaired) electrons. The molecule has 7 nitrogen and oxygen atoms in total. The van der Waals surface area contributed by atoms with Crippen molar-refractivity contribution in [3.8, 4) is 22.9 Å². The van der Waals surface area contributed by atoms with Crippen LogP contribution in [0.4, 0.5) is 5.69 Å². The highest BCUT2D eigenvalue weighted by molar-refractivity contribution is 5.86. The maximum absolute atomic E-state index is 4.73. The number of imidazole rings is 2. The summed E-state index contributed by atoms with van der Waals surface area (Å²) >= 11 is 0. The lowest BCUT2D eigenvalue weighted by atomic mass is 10.2. The zero-order chi connectivity index (χ0) is 19.1. The van der Waals surface area contributed by atoms with Gasteiger partial charge in [0.15, 0.2) is 5.82 Å². The number of pyridine rings is 1. The number of hydrogen-bond donors (Lipinski definition) is 3. The van der Waals surface area contributed by atoms with Crippen LogP contribution < -0.4 is 5.43 Å². The van der Waals surface area contributed by atoms with Crippen molar-refractivity contribution in [1.29, 1.82) is 0 Å². The molecule has 0 atom stereocenters. The van der Waals surface area contributed by atoms with Gasteiger partial charge in [0.1, 0.15) is 11.5 Å². The normalized spacial score (nSPS) is 11.5. The van der Waals surface area contributed by atoms with E-state index >= 15 is 0 Å². The minimum atomic E-state index is 0.761. The summed E-state index contributed by atoms with van der Waals surface area (Å²) in [5, 5.41) is 1.91. The van der Waals surface area contributed by atoms with Gasteiger partial charge in [-0.1, -0.05) is 6.07 Å². The highest BCUT2D eigenvalue weighted by Gasteiger charge is 2.10. The molecule has 3 N–H and O–H groups in total. The van der Waals surface area contributed by atoms with Crippen molar-refractivity contribution >= 4 is 27.8 Å². The van der Waals surface area contributed by atoms with E-state index in [0.717, 1.165) is 50.7 Å². The summed E-state index contributed by atoms with van der Waals surface area (Å²) in [5.41, 5.74) is 9.86. The Hall–Kier alpha value is -3.71. The van der Waals surface area contributed by atoms with Crippen LogP contribution in [-0.2, 0) is 0 Å². The van der Waals surface area contributed by atoms with Gasteiger partial charge in [0, 0.05) is 25.9 Å². The van der Waals surface area contributed by atoms with Crippen molar-refractivity contribution in [3.63, 3.8) is 0 Å². The van der Waals surface area contributed by atoms with Gasteiger partial charge in [0.25, 0.3) is 0 Å². The first-order chi connectivity index (χ1) is 13.7. The van der Waals surface area contributed by atoms with E-state index in [4.69, 9.17) is 4.98 Å². The molecule has 0 amide bonds. The van der Waals surface area contributed by atoms with Crippen LogP contribution >= 0.6 is 0 Å². The number of benzene rings is 2. The van der Waals surface area contributed by atoms with E-state index in [1.54, 1.807) is 6.20 Å². The van der Waals surface area contributed by atoms with Gasteiger partial charge >= 0.3 is 0 Å². The molecule has 0 aliphatic rings. The van der Waals surface area contributed by atoms with Crippen molar-refractivity contribution in [1.82, 2.24) is 29.9 Å². The molecule has 0 fully saturated rings. The molecule has 0 saturated carbocycles. The Morgan fingerprint density at radius 2 is 1.57 bits per heavy atom. The van der Waals surface area contributed by atoms with Crippen molar-refractivity contribution in [2.45, 2.75) is 0 Å². The molecule has 138 valence electrons. The first-order valence-electron chi connectivity index (χ1n) is 9.01. The molecule has 2 aromatic carbocycles. The zero-order valence-electron chi connectivity index (χ0n) is 15.6. The maximum atomic E-state index is 4.73. The van der Waals surface area contributed by atoms with E-state index in [1.165, 1.54) is 0 Å². The average molecular weight is 369 g/mol. The van der Waals surface area contributed by atoms with Gasteiger partial charge in [-0.05, 0) is 48.5 Å². The maximum Gasteiger partial charge on any atom is 0.157 e. The molecule has 0 aliphatic heterocycles. The fourth-order valence-corrected chi connectivity index (χ4v) is 3.26. The summed E-state index contributed by atoms with van der Waals surface area (Å²) in [4.78, 5) is 20.5. The molecule has 5 aromatic rings. The molecule has 0 bridgehead atoms. The lowest BCUT2D eigenvalue weighted by Gasteiger charge is -2.12. The predicted octanol–water partition coefficient (Wildman–Crippen LogP) is 4.06. The molecule has 3 heterocycles. The van der Waals surface area contributed by atoms with E-state index in [0.29, 0.717) is 0 Å². The Bertz CT molecular complexity index is 1270. The molecule has 0 unspecified atom stereocenters. The molecule has 7 heteroatoms. The SMILES string of the molecule is CN(C)Nc1ccc2nc(-c3ccc4nc(-c5ccccn5)[nH]c4c3)[nH]c2c1. The number of anilines is 1. The van der Waals surface area contributed by atoms with Crippen LogP contribution in [0.1, 0.15) is 0 Å². The van der Waals surface area contributed by atoms with Crippen molar-refractivity contribution < 1.29 is 0 Å². The van der Waals surface area contributed by atoms with E-state index in [9.17, 15) is 0 Å². The van der Waals surface area contributed by atoms with Crippen LogP contribution in [0.15, 0.2) is 60.8 Å². The minimum Gasteiger partial charge on any atom is -0.338 e. The van der Waals surface area contributed by atoms with E-state index in [-0.39, 0.29) is 0 Å². The van der Waals surface area contributed by atoms with Crippen LogP contribution in [0, 0.1) is 0 Å².